The second kappa shape index (κ2) is 5.53. The standard InChI is InChI=1S/C19H36N2/c1-14(2)11-20-12-15-7-9-21(13-15)17-18(3,4)16-6-8-19(17,5)10-16/h14-17,20H,6-13H2,1-5H3. The molecule has 21 heavy (non-hydrogen) atoms. The third-order valence-corrected chi connectivity index (χ3v) is 6.86. The second-order valence-electron chi connectivity index (χ2n) is 9.52. The van der Waals surface area contributed by atoms with Crippen LogP contribution in [0.4, 0.5) is 0 Å². The summed E-state index contributed by atoms with van der Waals surface area (Å²) >= 11 is 0. The summed E-state index contributed by atoms with van der Waals surface area (Å²) in [5, 5.41) is 3.68. The lowest BCUT2D eigenvalue weighted by Gasteiger charge is -2.48. The molecule has 0 spiro atoms. The Morgan fingerprint density at radius 3 is 2.57 bits per heavy atom. The highest BCUT2D eigenvalue weighted by atomic mass is 15.2. The van der Waals surface area contributed by atoms with Crippen molar-refractivity contribution >= 4 is 0 Å². The van der Waals surface area contributed by atoms with Crippen molar-refractivity contribution in [2.45, 2.75) is 66.3 Å². The molecular weight excluding hydrogens is 256 g/mol. The highest BCUT2D eigenvalue weighted by Gasteiger charge is 2.61. The molecule has 1 aliphatic heterocycles. The number of likely N-dealkylation sites (tertiary alicyclic amines) is 1. The number of hydrogen-bond acceptors (Lipinski definition) is 2. The highest BCUT2D eigenvalue weighted by Crippen LogP contribution is 2.64. The van der Waals surface area contributed by atoms with Gasteiger partial charge in [0, 0.05) is 12.6 Å². The van der Waals surface area contributed by atoms with Crippen molar-refractivity contribution in [2.24, 2.45) is 28.6 Å². The van der Waals surface area contributed by atoms with Crippen LogP contribution in [-0.2, 0) is 0 Å². The smallest absolute Gasteiger partial charge is 0.0203 e. The fraction of sp³-hybridized carbons (Fsp3) is 1.00. The molecule has 0 aromatic rings. The van der Waals surface area contributed by atoms with E-state index in [4.69, 9.17) is 0 Å². The molecule has 3 rings (SSSR count). The van der Waals surface area contributed by atoms with E-state index < -0.39 is 0 Å². The van der Waals surface area contributed by atoms with Crippen LogP contribution < -0.4 is 5.32 Å². The molecule has 0 amide bonds. The van der Waals surface area contributed by atoms with E-state index in [9.17, 15) is 0 Å². The van der Waals surface area contributed by atoms with Gasteiger partial charge in [-0.15, -0.1) is 0 Å². The Kier molecular flexibility index (Phi) is 4.16. The highest BCUT2D eigenvalue weighted by molar-refractivity contribution is 5.13. The van der Waals surface area contributed by atoms with Crippen LogP contribution >= 0.6 is 0 Å². The predicted molar refractivity (Wildman–Crippen MR) is 90.4 cm³/mol. The maximum absolute atomic E-state index is 3.68. The Balaban J connectivity index is 1.59. The van der Waals surface area contributed by atoms with E-state index in [0.717, 1.165) is 23.8 Å². The first-order valence-electron chi connectivity index (χ1n) is 9.28. The first kappa shape index (κ1) is 15.8. The van der Waals surface area contributed by atoms with Gasteiger partial charge >= 0.3 is 0 Å². The van der Waals surface area contributed by atoms with Crippen molar-refractivity contribution in [1.82, 2.24) is 10.2 Å². The molecule has 2 saturated carbocycles. The Morgan fingerprint density at radius 2 is 1.95 bits per heavy atom. The zero-order valence-electron chi connectivity index (χ0n) is 14.9. The minimum atomic E-state index is 0.535. The van der Waals surface area contributed by atoms with E-state index in [1.807, 2.05) is 0 Å². The summed E-state index contributed by atoms with van der Waals surface area (Å²) in [6, 6.07) is 0.832. The quantitative estimate of drug-likeness (QED) is 0.830. The van der Waals surface area contributed by atoms with E-state index in [0.29, 0.717) is 10.8 Å². The van der Waals surface area contributed by atoms with Crippen molar-refractivity contribution in [3.05, 3.63) is 0 Å². The Labute approximate surface area is 132 Å². The lowest BCUT2D eigenvalue weighted by atomic mass is 9.68. The molecule has 2 nitrogen and oxygen atoms in total. The van der Waals surface area contributed by atoms with E-state index in [1.54, 1.807) is 0 Å². The van der Waals surface area contributed by atoms with Gasteiger partial charge < -0.3 is 5.32 Å². The normalized spacial score (nSPS) is 42.3. The molecular formula is C19H36N2. The van der Waals surface area contributed by atoms with E-state index in [1.165, 1.54) is 51.9 Å². The van der Waals surface area contributed by atoms with Gasteiger partial charge in [-0.2, -0.15) is 0 Å². The lowest BCUT2D eigenvalue weighted by molar-refractivity contribution is 0.0159. The molecule has 0 aromatic heterocycles. The summed E-state index contributed by atoms with van der Waals surface area (Å²) in [6.45, 7) is 17.4. The molecule has 2 aliphatic carbocycles. The summed E-state index contributed by atoms with van der Waals surface area (Å²) in [5.74, 6) is 2.62. The average Bonchev–Trinajstić information content (AvgIpc) is 3.00. The van der Waals surface area contributed by atoms with E-state index >= 15 is 0 Å². The van der Waals surface area contributed by atoms with Crippen molar-refractivity contribution in [2.75, 3.05) is 26.2 Å². The predicted octanol–water partition coefficient (Wildman–Crippen LogP) is 3.77. The fourth-order valence-corrected chi connectivity index (χ4v) is 6.03. The van der Waals surface area contributed by atoms with Gasteiger partial charge in [0.25, 0.3) is 0 Å². The van der Waals surface area contributed by atoms with Gasteiger partial charge in [0.15, 0.2) is 0 Å². The van der Waals surface area contributed by atoms with Crippen molar-refractivity contribution in [1.29, 1.82) is 0 Å². The third kappa shape index (κ3) is 2.79. The number of hydrogen-bond donors (Lipinski definition) is 1. The molecule has 1 N–H and O–H groups in total. The topological polar surface area (TPSA) is 15.3 Å². The maximum atomic E-state index is 3.68. The van der Waals surface area contributed by atoms with Gasteiger partial charge in [-0.3, -0.25) is 4.90 Å². The third-order valence-electron chi connectivity index (χ3n) is 6.86. The number of nitrogens with zero attached hydrogens (tertiary/aromatic N) is 1. The largest absolute Gasteiger partial charge is 0.316 e. The summed E-state index contributed by atoms with van der Waals surface area (Å²) < 4.78 is 0. The average molecular weight is 293 g/mol. The molecule has 2 heteroatoms. The molecule has 2 bridgehead atoms. The first-order valence-corrected chi connectivity index (χ1v) is 9.28. The summed E-state index contributed by atoms with van der Waals surface area (Å²) in [7, 11) is 0. The van der Waals surface area contributed by atoms with Gasteiger partial charge in [0.05, 0.1) is 0 Å². The van der Waals surface area contributed by atoms with Crippen LogP contribution in [0.15, 0.2) is 0 Å². The number of fused-ring (bicyclic) bond motifs is 2. The maximum Gasteiger partial charge on any atom is 0.0203 e. The molecule has 1 saturated heterocycles. The van der Waals surface area contributed by atoms with Gasteiger partial charge in [-0.25, -0.2) is 0 Å². The van der Waals surface area contributed by atoms with Crippen LogP contribution in [-0.4, -0.2) is 37.1 Å². The van der Waals surface area contributed by atoms with E-state index in [-0.39, 0.29) is 0 Å². The van der Waals surface area contributed by atoms with Crippen LogP contribution in [0.3, 0.4) is 0 Å². The second-order valence-corrected chi connectivity index (χ2v) is 9.52. The van der Waals surface area contributed by atoms with Crippen molar-refractivity contribution in [3.63, 3.8) is 0 Å². The summed E-state index contributed by atoms with van der Waals surface area (Å²) in [4.78, 5) is 2.88. The lowest BCUT2D eigenvalue weighted by Crippen LogP contribution is -2.51. The van der Waals surface area contributed by atoms with Crippen molar-refractivity contribution in [3.8, 4) is 0 Å². The zero-order valence-corrected chi connectivity index (χ0v) is 14.9. The number of nitrogens with one attached hydrogen (secondary N) is 1. The molecule has 4 atom stereocenters. The SMILES string of the molecule is CC(C)CNCC1CCN(C2C3(C)CCC(C3)C2(C)C)C1. The van der Waals surface area contributed by atoms with Gasteiger partial charge in [0.2, 0.25) is 0 Å². The molecule has 122 valence electrons. The minimum Gasteiger partial charge on any atom is -0.316 e. The first-order chi connectivity index (χ1) is 9.83. The van der Waals surface area contributed by atoms with Crippen LogP contribution in [0.25, 0.3) is 0 Å². The fourth-order valence-electron chi connectivity index (χ4n) is 6.03. The van der Waals surface area contributed by atoms with Crippen molar-refractivity contribution < 1.29 is 0 Å². The molecule has 0 aromatic carbocycles. The Hall–Kier alpha value is -0.0800. The monoisotopic (exact) mass is 292 g/mol. The molecule has 4 unspecified atom stereocenters. The van der Waals surface area contributed by atoms with Crippen LogP contribution in [0, 0.1) is 28.6 Å². The van der Waals surface area contributed by atoms with Gasteiger partial charge in [0.1, 0.15) is 0 Å². The molecule has 0 radical (unpaired) electrons. The molecule has 3 fully saturated rings. The van der Waals surface area contributed by atoms with Crippen LogP contribution in [0.2, 0.25) is 0 Å². The summed E-state index contributed by atoms with van der Waals surface area (Å²) in [6.07, 6.45) is 5.83. The van der Waals surface area contributed by atoms with E-state index in [2.05, 4.69) is 44.8 Å². The van der Waals surface area contributed by atoms with Crippen LogP contribution in [0.1, 0.15) is 60.3 Å². The minimum absolute atomic E-state index is 0.535. The summed E-state index contributed by atoms with van der Waals surface area (Å²) in [5.41, 5.74) is 1.14. The zero-order chi connectivity index (χ0) is 15.3. The molecule has 1 heterocycles. The van der Waals surface area contributed by atoms with Gasteiger partial charge in [-0.05, 0) is 73.9 Å². The van der Waals surface area contributed by atoms with Crippen LogP contribution in [0.5, 0.6) is 0 Å². The Bertz CT molecular complexity index is 371. The molecule has 3 aliphatic rings. The van der Waals surface area contributed by atoms with Gasteiger partial charge in [-0.1, -0.05) is 34.6 Å². The Morgan fingerprint density at radius 1 is 1.19 bits per heavy atom. The number of rotatable bonds is 5.